The molecular formula is C21H19N3O3. The first-order valence-electron chi connectivity index (χ1n) is 8.92. The fraction of sp³-hybridized carbons (Fsp3) is 0.286. The summed E-state index contributed by atoms with van der Waals surface area (Å²) in [6.45, 7) is 7.82. The minimum Gasteiger partial charge on any atom is -0.313 e. The standard InChI is InChI=1S/C21H19N3O3/c1-22-17-3-2-4-18(12-17)24-10-9-21(20(24)26)8-7-14-11-15(19(25)23-27)5-6-16(14)13-21/h2-6,11-12,27H,7-10,13H2,(H,23,25)/t21-/m0/s1. The number of hydrogen-bond donors (Lipinski definition) is 2. The third kappa shape index (κ3) is 2.86. The van der Waals surface area contributed by atoms with Crippen LogP contribution in [0.3, 0.4) is 0 Å². The predicted molar refractivity (Wildman–Crippen MR) is 99.8 cm³/mol. The van der Waals surface area contributed by atoms with Crippen LogP contribution in [-0.4, -0.2) is 23.6 Å². The summed E-state index contributed by atoms with van der Waals surface area (Å²) >= 11 is 0. The lowest BCUT2D eigenvalue weighted by Crippen LogP contribution is -2.38. The molecule has 1 aliphatic heterocycles. The maximum atomic E-state index is 13.3. The van der Waals surface area contributed by atoms with E-state index in [-0.39, 0.29) is 5.91 Å². The molecule has 1 spiro atoms. The lowest BCUT2D eigenvalue weighted by molar-refractivity contribution is -0.126. The zero-order valence-corrected chi connectivity index (χ0v) is 14.7. The van der Waals surface area contributed by atoms with Crippen molar-refractivity contribution in [3.63, 3.8) is 0 Å². The summed E-state index contributed by atoms with van der Waals surface area (Å²) in [6, 6.07) is 12.6. The Balaban J connectivity index is 1.60. The van der Waals surface area contributed by atoms with Gasteiger partial charge in [-0.25, -0.2) is 10.3 Å². The van der Waals surface area contributed by atoms with Gasteiger partial charge < -0.3 is 4.90 Å². The molecule has 2 aromatic rings. The van der Waals surface area contributed by atoms with E-state index in [0.29, 0.717) is 24.2 Å². The van der Waals surface area contributed by atoms with E-state index in [0.717, 1.165) is 36.1 Å². The summed E-state index contributed by atoms with van der Waals surface area (Å²) in [5, 5.41) is 8.80. The summed E-state index contributed by atoms with van der Waals surface area (Å²) in [5.74, 6) is -0.409. The number of amides is 2. The first-order chi connectivity index (χ1) is 13.1. The smallest absolute Gasteiger partial charge is 0.274 e. The molecule has 2 aromatic carbocycles. The van der Waals surface area contributed by atoms with E-state index in [1.54, 1.807) is 34.6 Å². The highest BCUT2D eigenvalue weighted by molar-refractivity contribution is 6.00. The molecule has 4 rings (SSSR count). The fourth-order valence-electron chi connectivity index (χ4n) is 4.26. The number of benzene rings is 2. The van der Waals surface area contributed by atoms with Crippen LogP contribution in [0.4, 0.5) is 11.4 Å². The van der Waals surface area contributed by atoms with Crippen LogP contribution in [0.5, 0.6) is 0 Å². The van der Waals surface area contributed by atoms with Crippen molar-refractivity contribution < 1.29 is 14.8 Å². The molecule has 0 saturated carbocycles. The quantitative estimate of drug-likeness (QED) is 0.490. The highest BCUT2D eigenvalue weighted by atomic mass is 16.5. The topological polar surface area (TPSA) is 74.0 Å². The minimum atomic E-state index is -0.527. The Morgan fingerprint density at radius 1 is 1.19 bits per heavy atom. The number of carbonyl (C=O) groups excluding carboxylic acids is 2. The first-order valence-corrected chi connectivity index (χ1v) is 8.92. The zero-order chi connectivity index (χ0) is 19.0. The average molecular weight is 361 g/mol. The van der Waals surface area contributed by atoms with Gasteiger partial charge in [0.15, 0.2) is 5.69 Å². The highest BCUT2D eigenvalue weighted by Gasteiger charge is 2.48. The highest BCUT2D eigenvalue weighted by Crippen LogP contribution is 2.45. The van der Waals surface area contributed by atoms with Crippen molar-refractivity contribution in [1.82, 2.24) is 5.48 Å². The largest absolute Gasteiger partial charge is 0.313 e. The van der Waals surface area contributed by atoms with Gasteiger partial charge in [-0.2, -0.15) is 0 Å². The molecule has 0 bridgehead atoms. The molecule has 136 valence electrons. The molecule has 1 atom stereocenters. The van der Waals surface area contributed by atoms with E-state index in [4.69, 9.17) is 11.8 Å². The van der Waals surface area contributed by atoms with Gasteiger partial charge in [-0.1, -0.05) is 18.2 Å². The lowest BCUT2D eigenvalue weighted by atomic mass is 9.70. The second-order valence-corrected chi connectivity index (χ2v) is 7.22. The number of hydroxylamine groups is 1. The number of fused-ring (bicyclic) bond motifs is 1. The molecule has 1 saturated heterocycles. The molecule has 0 unspecified atom stereocenters. The van der Waals surface area contributed by atoms with Gasteiger partial charge in [0.25, 0.3) is 5.91 Å². The minimum absolute atomic E-state index is 0.118. The van der Waals surface area contributed by atoms with Crippen LogP contribution in [-0.2, 0) is 17.6 Å². The maximum Gasteiger partial charge on any atom is 0.274 e. The molecule has 1 aliphatic carbocycles. The van der Waals surface area contributed by atoms with Gasteiger partial charge in [0.1, 0.15) is 0 Å². The van der Waals surface area contributed by atoms with Crippen molar-refractivity contribution in [3.8, 4) is 0 Å². The molecule has 0 radical (unpaired) electrons. The van der Waals surface area contributed by atoms with E-state index in [9.17, 15) is 9.59 Å². The maximum absolute atomic E-state index is 13.3. The predicted octanol–water partition coefficient (Wildman–Crippen LogP) is 3.27. The van der Waals surface area contributed by atoms with Crippen LogP contribution in [0, 0.1) is 12.0 Å². The van der Waals surface area contributed by atoms with Crippen LogP contribution >= 0.6 is 0 Å². The number of hydrogen-bond acceptors (Lipinski definition) is 3. The molecule has 0 aromatic heterocycles. The summed E-state index contributed by atoms with van der Waals surface area (Å²) in [5.41, 5.74) is 5.12. The summed E-state index contributed by atoms with van der Waals surface area (Å²) in [4.78, 5) is 30.1. The van der Waals surface area contributed by atoms with Gasteiger partial charge in [0.05, 0.1) is 12.0 Å². The first kappa shape index (κ1) is 17.3. The Bertz CT molecular complexity index is 979. The number of nitrogens with one attached hydrogen (secondary N) is 1. The van der Waals surface area contributed by atoms with Gasteiger partial charge in [-0.15, -0.1) is 0 Å². The SMILES string of the molecule is [C-]#[N+]c1cccc(N2CC[C@]3(CCc4cc(C(=O)NO)ccc4C3)C2=O)c1. The Kier molecular flexibility index (Phi) is 4.17. The monoisotopic (exact) mass is 361 g/mol. The van der Waals surface area contributed by atoms with Crippen molar-refractivity contribution in [2.24, 2.45) is 5.41 Å². The third-order valence-corrected chi connectivity index (χ3v) is 5.76. The van der Waals surface area contributed by atoms with Gasteiger partial charge in [0.2, 0.25) is 5.91 Å². The fourth-order valence-corrected chi connectivity index (χ4v) is 4.26. The van der Waals surface area contributed by atoms with E-state index in [1.807, 2.05) is 18.2 Å². The molecule has 27 heavy (non-hydrogen) atoms. The van der Waals surface area contributed by atoms with E-state index < -0.39 is 11.3 Å². The van der Waals surface area contributed by atoms with Crippen molar-refractivity contribution in [1.29, 1.82) is 0 Å². The molecule has 2 amide bonds. The van der Waals surface area contributed by atoms with Crippen LogP contribution in [0.2, 0.25) is 0 Å². The second-order valence-electron chi connectivity index (χ2n) is 7.22. The molecular weight excluding hydrogens is 342 g/mol. The van der Waals surface area contributed by atoms with Gasteiger partial charge >= 0.3 is 0 Å². The molecule has 6 heteroatoms. The van der Waals surface area contributed by atoms with Gasteiger partial charge in [0, 0.05) is 17.8 Å². The number of aryl methyl sites for hydroxylation is 1. The number of carbonyl (C=O) groups is 2. The van der Waals surface area contributed by atoms with Crippen molar-refractivity contribution in [2.75, 3.05) is 11.4 Å². The van der Waals surface area contributed by atoms with Crippen molar-refractivity contribution in [3.05, 3.63) is 70.6 Å². The number of nitrogens with zero attached hydrogens (tertiary/aromatic N) is 2. The third-order valence-electron chi connectivity index (χ3n) is 5.76. The molecule has 1 fully saturated rings. The van der Waals surface area contributed by atoms with Crippen molar-refractivity contribution >= 4 is 23.2 Å². The van der Waals surface area contributed by atoms with Gasteiger partial charge in [-0.3, -0.25) is 14.8 Å². The summed E-state index contributed by atoms with van der Waals surface area (Å²) in [6.07, 6.45) is 2.90. The molecule has 1 heterocycles. The average Bonchev–Trinajstić information content (AvgIpc) is 3.02. The Morgan fingerprint density at radius 3 is 2.81 bits per heavy atom. The van der Waals surface area contributed by atoms with E-state index in [1.165, 1.54) is 0 Å². The second kappa shape index (κ2) is 6.53. The van der Waals surface area contributed by atoms with Gasteiger partial charge in [-0.05, 0) is 61.1 Å². The van der Waals surface area contributed by atoms with Crippen LogP contribution in [0.15, 0.2) is 42.5 Å². The van der Waals surface area contributed by atoms with E-state index >= 15 is 0 Å². The van der Waals surface area contributed by atoms with E-state index in [2.05, 4.69) is 4.85 Å². The summed E-state index contributed by atoms with van der Waals surface area (Å²) < 4.78 is 0. The van der Waals surface area contributed by atoms with Crippen LogP contribution < -0.4 is 10.4 Å². The normalized spacial score (nSPS) is 21.0. The lowest BCUT2D eigenvalue weighted by Gasteiger charge is -2.33. The van der Waals surface area contributed by atoms with Crippen molar-refractivity contribution in [2.45, 2.75) is 25.7 Å². The Morgan fingerprint density at radius 2 is 2.04 bits per heavy atom. The Labute approximate surface area is 157 Å². The molecule has 6 nitrogen and oxygen atoms in total. The van der Waals surface area contributed by atoms with Crippen LogP contribution in [0.1, 0.15) is 34.3 Å². The molecule has 2 N–H and O–H groups in total. The van der Waals surface area contributed by atoms with Crippen LogP contribution in [0.25, 0.3) is 4.85 Å². The number of anilines is 1. The number of rotatable bonds is 2. The summed E-state index contributed by atoms with van der Waals surface area (Å²) in [7, 11) is 0. The molecule has 2 aliphatic rings. The Hall–Kier alpha value is -3.17. The zero-order valence-electron chi connectivity index (χ0n) is 14.7.